The maximum Gasteiger partial charge on any atom is 0.167 e. The smallest absolute Gasteiger partial charge is 0.167 e. The Labute approximate surface area is 204 Å². The van der Waals surface area contributed by atoms with Crippen LogP contribution in [0.1, 0.15) is 36.2 Å². The van der Waals surface area contributed by atoms with Crippen LogP contribution in [-0.4, -0.2) is 67.8 Å². The standard InChI is InChI=1S/C25H29F3N4O2S/c1-15-9-19-18-5-2-3-6-22(18)30-24(19)25(32(15)14-35(33)34)23-20(27)10-16(11-21(23)28)29-17-12-31(13-17)8-4-7-26/h2-3,5-6,10-11,15,17,25,29-30H,4,7-9,12-14H2,1H3,(H,33,34)/t15-,25-/m1/s1. The number of nitrogens with one attached hydrogen (secondary N) is 2. The van der Waals surface area contributed by atoms with Crippen LogP contribution in [0.3, 0.4) is 0 Å². The van der Waals surface area contributed by atoms with Gasteiger partial charge in [-0.05, 0) is 43.5 Å². The minimum atomic E-state index is -2.17. The Kier molecular flexibility index (Phi) is 6.89. The topological polar surface area (TPSA) is 71.6 Å². The molecule has 1 fully saturated rings. The van der Waals surface area contributed by atoms with Crippen molar-refractivity contribution in [1.82, 2.24) is 14.8 Å². The monoisotopic (exact) mass is 506 g/mol. The lowest BCUT2D eigenvalue weighted by atomic mass is 9.88. The zero-order valence-electron chi connectivity index (χ0n) is 19.4. The molecule has 1 aromatic heterocycles. The van der Waals surface area contributed by atoms with E-state index in [-0.39, 0.29) is 30.2 Å². The number of H-pyrrole nitrogens is 1. The first-order valence-electron chi connectivity index (χ1n) is 11.8. The van der Waals surface area contributed by atoms with Gasteiger partial charge in [-0.15, -0.1) is 0 Å². The number of hydrogen-bond donors (Lipinski definition) is 3. The Balaban J connectivity index is 1.49. The van der Waals surface area contributed by atoms with Crippen LogP contribution in [0.2, 0.25) is 0 Å². The molecule has 2 aliphatic rings. The highest BCUT2D eigenvalue weighted by atomic mass is 32.2. The molecule has 6 nitrogen and oxygen atoms in total. The van der Waals surface area contributed by atoms with E-state index in [0.29, 0.717) is 43.9 Å². The van der Waals surface area contributed by atoms with Crippen LogP contribution in [0, 0.1) is 11.6 Å². The van der Waals surface area contributed by atoms with Crippen LogP contribution in [0.25, 0.3) is 10.9 Å². The first-order chi connectivity index (χ1) is 16.9. The second-order valence-corrected chi connectivity index (χ2v) is 10.4. The van der Waals surface area contributed by atoms with Crippen LogP contribution in [0.5, 0.6) is 0 Å². The van der Waals surface area contributed by atoms with Gasteiger partial charge in [0.1, 0.15) is 17.5 Å². The Morgan fingerprint density at radius 1 is 1.20 bits per heavy atom. The summed E-state index contributed by atoms with van der Waals surface area (Å²) in [6.45, 7) is 3.61. The van der Waals surface area contributed by atoms with Gasteiger partial charge in [-0.25, -0.2) is 13.0 Å². The fourth-order valence-corrected chi connectivity index (χ4v) is 6.10. The molecule has 0 saturated carbocycles. The molecule has 3 N–H and O–H groups in total. The molecule has 35 heavy (non-hydrogen) atoms. The highest BCUT2D eigenvalue weighted by Gasteiger charge is 2.39. The van der Waals surface area contributed by atoms with Crippen LogP contribution in [0.15, 0.2) is 36.4 Å². The number of nitrogens with zero attached hydrogens (tertiary/aromatic N) is 2. The zero-order valence-corrected chi connectivity index (χ0v) is 20.3. The minimum absolute atomic E-state index is 0.0441. The number of rotatable bonds is 8. The number of anilines is 1. The van der Waals surface area contributed by atoms with Gasteiger partial charge in [0.2, 0.25) is 0 Å². The molecule has 0 bridgehead atoms. The molecule has 3 aromatic rings. The summed E-state index contributed by atoms with van der Waals surface area (Å²) in [5, 5.41) is 4.16. The second kappa shape index (κ2) is 9.93. The van der Waals surface area contributed by atoms with Crippen molar-refractivity contribution in [2.45, 2.75) is 37.9 Å². The molecule has 0 amide bonds. The fraction of sp³-hybridized carbons (Fsp3) is 0.440. The van der Waals surface area contributed by atoms with Gasteiger partial charge < -0.3 is 14.9 Å². The van der Waals surface area contributed by atoms with E-state index in [4.69, 9.17) is 0 Å². The van der Waals surface area contributed by atoms with Crippen molar-refractivity contribution >= 4 is 27.7 Å². The largest absolute Gasteiger partial charge is 0.380 e. The highest BCUT2D eigenvalue weighted by molar-refractivity contribution is 7.79. The summed E-state index contributed by atoms with van der Waals surface area (Å²) in [6, 6.07) is 9.26. The SMILES string of the molecule is C[C@@H]1Cc2c([nH]c3ccccc23)[C@@H](c2c(F)cc(NC3CN(CCCF)C3)cc2F)N1CS(=O)O. The van der Waals surface area contributed by atoms with Gasteiger partial charge in [0.05, 0.1) is 18.8 Å². The van der Waals surface area contributed by atoms with Gasteiger partial charge in [0, 0.05) is 53.5 Å². The Morgan fingerprint density at radius 3 is 2.60 bits per heavy atom. The van der Waals surface area contributed by atoms with E-state index < -0.39 is 28.8 Å². The van der Waals surface area contributed by atoms with Crippen molar-refractivity contribution < 1.29 is 21.9 Å². The van der Waals surface area contributed by atoms with E-state index in [2.05, 4.69) is 15.2 Å². The molecule has 0 spiro atoms. The maximum atomic E-state index is 15.6. The minimum Gasteiger partial charge on any atom is -0.380 e. The Bertz CT molecular complexity index is 1220. The normalized spacial score (nSPS) is 22.2. The summed E-state index contributed by atoms with van der Waals surface area (Å²) in [5.41, 5.74) is 2.69. The number of hydrogen-bond acceptors (Lipinski definition) is 4. The first-order valence-corrected chi connectivity index (χ1v) is 13.1. The molecular formula is C25H29F3N4O2S. The van der Waals surface area contributed by atoms with Gasteiger partial charge >= 0.3 is 0 Å². The van der Waals surface area contributed by atoms with Gasteiger partial charge in [0.15, 0.2) is 11.1 Å². The van der Waals surface area contributed by atoms with E-state index >= 15 is 8.78 Å². The number of para-hydroxylation sites is 1. The molecule has 10 heteroatoms. The average molecular weight is 507 g/mol. The third-order valence-corrected chi connectivity index (χ3v) is 7.58. The van der Waals surface area contributed by atoms with Gasteiger partial charge in [-0.2, -0.15) is 0 Å². The Hall–Kier alpha value is -2.40. The summed E-state index contributed by atoms with van der Waals surface area (Å²) in [6.07, 6.45) is 1.08. The first kappa shape index (κ1) is 24.3. The summed E-state index contributed by atoms with van der Waals surface area (Å²) in [4.78, 5) is 7.11. The molecule has 1 unspecified atom stereocenters. The van der Waals surface area contributed by atoms with Crippen molar-refractivity contribution in [2.24, 2.45) is 0 Å². The summed E-state index contributed by atoms with van der Waals surface area (Å²) >= 11 is -2.17. The molecule has 0 radical (unpaired) electrons. The van der Waals surface area contributed by atoms with Gasteiger partial charge in [-0.3, -0.25) is 14.2 Å². The summed E-state index contributed by atoms with van der Waals surface area (Å²) in [7, 11) is 0. The molecule has 2 aliphatic heterocycles. The number of alkyl halides is 1. The summed E-state index contributed by atoms with van der Waals surface area (Å²) < 4.78 is 65.0. The predicted molar refractivity (Wildman–Crippen MR) is 132 cm³/mol. The van der Waals surface area contributed by atoms with Gasteiger partial charge in [0.25, 0.3) is 0 Å². The van der Waals surface area contributed by atoms with Crippen molar-refractivity contribution in [2.75, 3.05) is 37.5 Å². The molecule has 3 heterocycles. The number of likely N-dealkylation sites (tertiary alicyclic amines) is 1. The van der Waals surface area contributed by atoms with E-state index in [0.717, 1.165) is 16.5 Å². The molecule has 1 saturated heterocycles. The second-order valence-electron chi connectivity index (χ2n) is 9.48. The number of aromatic nitrogens is 1. The molecular weight excluding hydrogens is 477 g/mol. The maximum absolute atomic E-state index is 15.6. The van der Waals surface area contributed by atoms with E-state index in [1.54, 1.807) is 4.90 Å². The van der Waals surface area contributed by atoms with Crippen molar-refractivity contribution in [3.8, 4) is 0 Å². The number of aromatic amines is 1. The van der Waals surface area contributed by atoms with Crippen LogP contribution in [-0.2, 0) is 17.5 Å². The number of fused-ring (bicyclic) bond motifs is 3. The molecule has 5 rings (SSSR count). The van der Waals surface area contributed by atoms with Crippen LogP contribution < -0.4 is 5.32 Å². The number of benzene rings is 2. The van der Waals surface area contributed by atoms with E-state index in [9.17, 15) is 13.2 Å². The van der Waals surface area contributed by atoms with E-state index in [1.165, 1.54) is 12.1 Å². The number of halogens is 3. The van der Waals surface area contributed by atoms with Crippen molar-refractivity contribution in [1.29, 1.82) is 0 Å². The van der Waals surface area contributed by atoms with Gasteiger partial charge in [-0.1, -0.05) is 18.2 Å². The lowest BCUT2D eigenvalue weighted by Crippen LogP contribution is -2.54. The van der Waals surface area contributed by atoms with Crippen molar-refractivity contribution in [3.05, 3.63) is 64.9 Å². The highest BCUT2D eigenvalue weighted by Crippen LogP contribution is 2.42. The zero-order chi connectivity index (χ0) is 24.7. The third-order valence-electron chi connectivity index (χ3n) is 7.07. The van der Waals surface area contributed by atoms with Crippen LogP contribution in [0.4, 0.5) is 18.9 Å². The molecule has 2 aromatic carbocycles. The Morgan fingerprint density at radius 2 is 1.91 bits per heavy atom. The quantitative estimate of drug-likeness (QED) is 0.395. The fourth-order valence-electron chi connectivity index (χ4n) is 5.44. The predicted octanol–water partition coefficient (Wildman–Crippen LogP) is 4.42. The summed E-state index contributed by atoms with van der Waals surface area (Å²) in [5.74, 6) is -1.65. The lowest BCUT2D eigenvalue weighted by Gasteiger charge is -2.41. The van der Waals surface area contributed by atoms with Crippen molar-refractivity contribution in [3.63, 3.8) is 0 Å². The average Bonchev–Trinajstić information content (AvgIpc) is 3.14. The van der Waals surface area contributed by atoms with Crippen LogP contribution >= 0.6 is 0 Å². The van der Waals surface area contributed by atoms with E-state index in [1.807, 2.05) is 31.2 Å². The molecule has 0 aliphatic carbocycles. The molecule has 188 valence electrons. The lowest BCUT2D eigenvalue weighted by molar-refractivity contribution is 0.155. The molecule has 3 atom stereocenters. The third kappa shape index (κ3) is 4.72.